The number of para-hydroxylation sites is 3. The van der Waals surface area contributed by atoms with Crippen molar-refractivity contribution in [2.45, 2.75) is 0 Å². The second kappa shape index (κ2) is 19.7. The third kappa shape index (κ3) is 8.81. The van der Waals surface area contributed by atoms with E-state index in [1.807, 2.05) is 0 Å². The van der Waals surface area contributed by atoms with Crippen LogP contribution in [0.4, 0.5) is 39.8 Å². The zero-order valence-electron chi connectivity index (χ0n) is 38.1. The Morgan fingerprint density at radius 3 is 0.783 bits per heavy atom. The molecular formula is C66H49N3. The average Bonchev–Trinajstić information content (AvgIpc) is 3.43. The molecule has 0 spiro atoms. The summed E-state index contributed by atoms with van der Waals surface area (Å²) < 4.78 is 0. The maximum absolute atomic E-state index is 4.18. The lowest BCUT2D eigenvalue weighted by Crippen LogP contribution is -2.17. The van der Waals surface area contributed by atoms with Crippen molar-refractivity contribution < 1.29 is 0 Å². The molecule has 3 nitrogen and oxygen atoms in total. The second-order valence-corrected chi connectivity index (χ2v) is 17.0. The van der Waals surface area contributed by atoms with Crippen molar-refractivity contribution in [1.82, 2.24) is 0 Å². The molecule has 3 heteroatoms. The van der Waals surface area contributed by atoms with Crippen LogP contribution in [0.25, 0.3) is 66.8 Å². The summed E-state index contributed by atoms with van der Waals surface area (Å²) in [4.78, 5) is 2.50. The van der Waals surface area contributed by atoms with Crippen molar-refractivity contribution in [3.05, 3.63) is 285 Å². The minimum atomic E-state index is 0.967. The van der Waals surface area contributed by atoms with Crippen molar-refractivity contribution in [2.24, 2.45) is 0 Å². The van der Waals surface area contributed by atoms with Gasteiger partial charge < -0.3 is 15.5 Å². The van der Waals surface area contributed by atoms with Crippen molar-refractivity contribution >= 4 is 39.8 Å². The monoisotopic (exact) mass is 883 g/mol. The summed E-state index contributed by atoms with van der Waals surface area (Å²) in [5.74, 6) is 0. The minimum absolute atomic E-state index is 0.967. The van der Waals surface area contributed by atoms with Crippen LogP contribution >= 0.6 is 0 Å². The van der Waals surface area contributed by atoms with Crippen LogP contribution in [0, 0.1) is 0 Å². The topological polar surface area (TPSA) is 27.3 Å². The van der Waals surface area contributed by atoms with Gasteiger partial charge in [0.2, 0.25) is 0 Å². The predicted molar refractivity (Wildman–Crippen MR) is 293 cm³/mol. The summed E-state index contributed by atoms with van der Waals surface area (Å²) in [6.07, 6.45) is 0. The van der Waals surface area contributed by atoms with E-state index in [0.717, 1.165) is 107 Å². The first kappa shape index (κ1) is 42.5. The summed E-state index contributed by atoms with van der Waals surface area (Å²) in [5.41, 5.74) is 20.1. The van der Waals surface area contributed by atoms with Crippen molar-refractivity contribution in [3.8, 4) is 66.8 Å². The molecule has 0 heterocycles. The van der Waals surface area contributed by atoms with Gasteiger partial charge in [-0.1, -0.05) is 261 Å². The lowest BCUT2D eigenvalue weighted by molar-refractivity contribution is 1.28. The second-order valence-electron chi connectivity index (χ2n) is 17.0. The minimum Gasteiger partial charge on any atom is -0.353 e. The van der Waals surface area contributed by atoms with E-state index in [4.69, 9.17) is 0 Å². The number of hydrogen-bond donors (Lipinski definition) is 2. The van der Waals surface area contributed by atoms with E-state index < -0.39 is 0 Å². The molecule has 0 saturated carbocycles. The first-order valence-corrected chi connectivity index (χ1v) is 23.5. The molecule has 0 saturated heterocycles. The van der Waals surface area contributed by atoms with E-state index in [1.54, 1.807) is 0 Å². The number of anilines is 7. The Morgan fingerprint density at radius 1 is 0.203 bits per heavy atom. The Labute approximate surface area is 405 Å². The molecule has 0 bridgehead atoms. The Balaban J connectivity index is 1.30. The van der Waals surface area contributed by atoms with Gasteiger partial charge in [0.15, 0.2) is 0 Å². The van der Waals surface area contributed by atoms with Crippen LogP contribution in [0.2, 0.25) is 0 Å². The van der Waals surface area contributed by atoms with Gasteiger partial charge in [0.25, 0.3) is 0 Å². The number of hydrogen-bond acceptors (Lipinski definition) is 3. The average molecular weight is 884 g/mol. The Morgan fingerprint density at radius 2 is 0.449 bits per heavy atom. The quantitative estimate of drug-likeness (QED) is 0.121. The standard InChI is InChI=1S/C66H49N3/c1-8-26-48(27-9-1)55-40-22-24-42-61(55)67-63-57(50-30-12-3-13-31-50)44-46-59(52-34-16-5-17-35-52)65(63)69(54-38-20-7-21-39-54)66-60(53-36-18-6-19-37-53)47-45-58(51-32-14-4-15-33-51)64(66)68-62-43-25-23-41-56(62)49-28-10-2-11-29-49/h1-47,67-68H. The van der Waals surface area contributed by atoms with Crippen LogP contribution in [0.15, 0.2) is 285 Å². The summed E-state index contributed by atoms with van der Waals surface area (Å²) in [5, 5.41) is 8.36. The van der Waals surface area contributed by atoms with Crippen LogP contribution in [-0.4, -0.2) is 0 Å². The molecule has 0 radical (unpaired) electrons. The molecule has 0 unspecified atom stereocenters. The van der Waals surface area contributed by atoms with Crippen LogP contribution in [0.1, 0.15) is 0 Å². The van der Waals surface area contributed by atoms with E-state index in [0.29, 0.717) is 0 Å². The van der Waals surface area contributed by atoms with Gasteiger partial charge in [0, 0.05) is 50.4 Å². The molecular weight excluding hydrogens is 835 g/mol. The van der Waals surface area contributed by atoms with Crippen molar-refractivity contribution in [1.29, 1.82) is 0 Å². The third-order valence-corrected chi connectivity index (χ3v) is 12.7. The molecule has 0 aliphatic carbocycles. The van der Waals surface area contributed by atoms with Crippen LogP contribution in [-0.2, 0) is 0 Å². The highest BCUT2D eigenvalue weighted by molar-refractivity contribution is 6.10. The van der Waals surface area contributed by atoms with Crippen LogP contribution in [0.5, 0.6) is 0 Å². The predicted octanol–water partition coefficient (Wildman–Crippen LogP) is 18.6. The fourth-order valence-electron chi connectivity index (χ4n) is 9.46. The Kier molecular flexibility index (Phi) is 12.1. The van der Waals surface area contributed by atoms with Gasteiger partial charge in [0.05, 0.1) is 22.7 Å². The molecule has 328 valence electrons. The molecule has 0 fully saturated rings. The molecule has 11 aromatic rings. The van der Waals surface area contributed by atoms with Crippen molar-refractivity contribution in [3.63, 3.8) is 0 Å². The van der Waals surface area contributed by atoms with Gasteiger partial charge in [-0.05, 0) is 57.6 Å². The number of benzene rings is 11. The van der Waals surface area contributed by atoms with Gasteiger partial charge in [-0.2, -0.15) is 0 Å². The molecule has 0 amide bonds. The Bertz CT molecular complexity index is 3240. The summed E-state index contributed by atoms with van der Waals surface area (Å²) >= 11 is 0. The van der Waals surface area contributed by atoms with Gasteiger partial charge in [0.1, 0.15) is 0 Å². The van der Waals surface area contributed by atoms with E-state index >= 15 is 0 Å². The summed E-state index contributed by atoms with van der Waals surface area (Å²) in [6, 6.07) is 102. The molecule has 11 rings (SSSR count). The highest BCUT2D eigenvalue weighted by atomic mass is 15.2. The van der Waals surface area contributed by atoms with Crippen molar-refractivity contribution in [2.75, 3.05) is 15.5 Å². The zero-order chi connectivity index (χ0) is 46.2. The van der Waals surface area contributed by atoms with E-state index in [2.05, 4.69) is 301 Å². The van der Waals surface area contributed by atoms with Crippen LogP contribution < -0.4 is 15.5 Å². The lowest BCUT2D eigenvalue weighted by Gasteiger charge is -2.35. The van der Waals surface area contributed by atoms with Crippen LogP contribution in [0.3, 0.4) is 0 Å². The first-order chi connectivity index (χ1) is 34.3. The van der Waals surface area contributed by atoms with Gasteiger partial charge in [-0.25, -0.2) is 0 Å². The summed E-state index contributed by atoms with van der Waals surface area (Å²) in [6.45, 7) is 0. The maximum Gasteiger partial charge on any atom is 0.0783 e. The fourth-order valence-corrected chi connectivity index (χ4v) is 9.46. The molecule has 0 aromatic heterocycles. The highest BCUT2D eigenvalue weighted by Gasteiger charge is 2.30. The van der Waals surface area contributed by atoms with E-state index in [-0.39, 0.29) is 0 Å². The molecule has 11 aromatic carbocycles. The van der Waals surface area contributed by atoms with E-state index in [1.165, 1.54) is 0 Å². The van der Waals surface area contributed by atoms with Gasteiger partial charge in [-0.15, -0.1) is 0 Å². The number of nitrogens with zero attached hydrogens (tertiary/aromatic N) is 1. The molecule has 0 atom stereocenters. The molecule has 0 aliphatic rings. The number of rotatable bonds is 13. The first-order valence-electron chi connectivity index (χ1n) is 23.5. The molecule has 0 aliphatic heterocycles. The smallest absolute Gasteiger partial charge is 0.0783 e. The number of nitrogens with one attached hydrogen (secondary N) is 2. The zero-order valence-corrected chi connectivity index (χ0v) is 38.1. The molecule has 2 N–H and O–H groups in total. The third-order valence-electron chi connectivity index (χ3n) is 12.7. The van der Waals surface area contributed by atoms with Gasteiger partial charge in [-0.3, -0.25) is 0 Å². The van der Waals surface area contributed by atoms with Gasteiger partial charge >= 0.3 is 0 Å². The fraction of sp³-hybridized carbons (Fsp3) is 0. The largest absolute Gasteiger partial charge is 0.353 e. The maximum atomic E-state index is 4.18. The van der Waals surface area contributed by atoms with E-state index in [9.17, 15) is 0 Å². The summed E-state index contributed by atoms with van der Waals surface area (Å²) in [7, 11) is 0. The highest BCUT2D eigenvalue weighted by Crippen LogP contribution is 2.56. The molecule has 69 heavy (non-hydrogen) atoms. The SMILES string of the molecule is c1ccc(-c2ccccc2Nc2c(-c3ccccc3)ccc(-c3ccccc3)c2N(c2ccccc2)c2c(-c3ccccc3)ccc(-c3ccccc3)c2Nc2ccccc2-c2ccccc2)cc1. The lowest BCUT2D eigenvalue weighted by atomic mass is 9.91. The normalized spacial score (nSPS) is 10.9. The Hall–Kier alpha value is -9.18.